The van der Waals surface area contributed by atoms with Crippen molar-refractivity contribution in [1.29, 1.82) is 0 Å². The van der Waals surface area contributed by atoms with E-state index in [1.54, 1.807) is 0 Å². The number of carbonyl (C=O) groups is 4. The summed E-state index contributed by atoms with van der Waals surface area (Å²) in [6, 6.07) is 0. The van der Waals surface area contributed by atoms with E-state index in [1.165, 1.54) is 13.8 Å². The number of carbonyl (C=O) groups excluding carboxylic acids is 4. The second-order valence-electron chi connectivity index (χ2n) is 5.98. The summed E-state index contributed by atoms with van der Waals surface area (Å²) in [5.74, 6) is -2.61. The number of alkyl halides is 1. The molecule has 1 aliphatic rings. The Morgan fingerprint density at radius 1 is 0.821 bits per heavy atom. The molecule has 11 heteroatoms. The molecule has 28 heavy (non-hydrogen) atoms. The molecule has 1 rings (SSSR count). The van der Waals surface area contributed by atoms with Crippen LogP contribution in [0.25, 0.3) is 0 Å². The highest BCUT2D eigenvalue weighted by Gasteiger charge is 2.52. The minimum Gasteiger partial charge on any atom is -0.463 e. The van der Waals surface area contributed by atoms with E-state index in [-0.39, 0.29) is 13.2 Å². The van der Waals surface area contributed by atoms with Gasteiger partial charge in [0, 0.05) is 33.0 Å². The molecule has 160 valence electrons. The first-order valence-corrected chi connectivity index (χ1v) is 9.75. The van der Waals surface area contributed by atoms with Gasteiger partial charge >= 0.3 is 23.9 Å². The van der Waals surface area contributed by atoms with Crippen molar-refractivity contribution in [2.24, 2.45) is 0 Å². The Morgan fingerprint density at radius 2 is 1.36 bits per heavy atom. The van der Waals surface area contributed by atoms with Gasteiger partial charge in [-0.3, -0.25) is 19.2 Å². The van der Waals surface area contributed by atoms with Gasteiger partial charge in [-0.1, -0.05) is 15.9 Å². The van der Waals surface area contributed by atoms with Gasteiger partial charge < -0.3 is 28.4 Å². The molecule has 5 atom stereocenters. The summed E-state index contributed by atoms with van der Waals surface area (Å²) in [6.07, 6.45) is -5.07. The topological polar surface area (TPSA) is 124 Å². The number of hydrogen-bond donors (Lipinski definition) is 0. The predicted molar refractivity (Wildman–Crippen MR) is 96.3 cm³/mol. The highest BCUT2D eigenvalue weighted by molar-refractivity contribution is 9.09. The number of rotatable bonds is 9. The number of hydrogen-bond acceptors (Lipinski definition) is 10. The maximum Gasteiger partial charge on any atom is 0.303 e. The fourth-order valence-electron chi connectivity index (χ4n) is 2.58. The maximum absolute atomic E-state index is 11.6. The first kappa shape index (κ1) is 24.3. The van der Waals surface area contributed by atoms with E-state index in [2.05, 4.69) is 15.9 Å². The fourth-order valence-corrected chi connectivity index (χ4v) is 2.81. The molecule has 0 bridgehead atoms. The van der Waals surface area contributed by atoms with Gasteiger partial charge in [0.25, 0.3) is 0 Å². The van der Waals surface area contributed by atoms with E-state index in [0.29, 0.717) is 11.8 Å². The molecule has 1 aliphatic heterocycles. The van der Waals surface area contributed by atoms with Gasteiger partial charge in [0.05, 0.1) is 6.61 Å². The normalized spacial score (nSPS) is 26.8. The minimum atomic E-state index is -1.21. The first-order chi connectivity index (χ1) is 13.1. The molecule has 1 saturated heterocycles. The van der Waals surface area contributed by atoms with Crippen LogP contribution in [0, 0.1) is 0 Å². The Hall–Kier alpha value is -1.72. The molecule has 0 spiro atoms. The van der Waals surface area contributed by atoms with E-state index in [0.717, 1.165) is 13.8 Å². The zero-order chi connectivity index (χ0) is 21.3. The highest BCUT2D eigenvalue weighted by Crippen LogP contribution is 2.30. The van der Waals surface area contributed by atoms with Crippen LogP contribution in [0.2, 0.25) is 0 Å². The average Bonchev–Trinajstić information content (AvgIpc) is 2.57. The molecule has 0 amide bonds. The molecule has 0 aromatic rings. The van der Waals surface area contributed by atoms with Crippen LogP contribution in [0.15, 0.2) is 0 Å². The predicted octanol–water partition coefficient (Wildman–Crippen LogP) is 0.871. The minimum absolute atomic E-state index is 0.249. The zero-order valence-electron chi connectivity index (χ0n) is 16.2. The molecular weight excluding hydrogens is 444 g/mol. The van der Waals surface area contributed by atoms with Gasteiger partial charge in [0.1, 0.15) is 12.7 Å². The van der Waals surface area contributed by atoms with Crippen molar-refractivity contribution in [3.63, 3.8) is 0 Å². The molecule has 10 nitrogen and oxygen atoms in total. The second-order valence-corrected chi connectivity index (χ2v) is 6.77. The standard InChI is InChI=1S/C17H25BrO10/c1-9(19)24-8-13-14(25-10(2)20)15(26-11(3)21)16(27-12(4)22)17(28-13)23-7-5-6-18/h13-17H,5-8H2,1-4H3/t13-,14+,15+,16-,17-/m1/s1. The molecule has 0 saturated carbocycles. The summed E-state index contributed by atoms with van der Waals surface area (Å²) in [7, 11) is 0. The Balaban J connectivity index is 3.21. The van der Waals surface area contributed by atoms with E-state index in [9.17, 15) is 19.2 Å². The van der Waals surface area contributed by atoms with E-state index < -0.39 is 54.6 Å². The second kappa shape index (κ2) is 12.0. The molecule has 1 fully saturated rings. The molecule has 1 heterocycles. The maximum atomic E-state index is 11.6. The molecule has 0 aliphatic carbocycles. The summed E-state index contributed by atoms with van der Waals surface area (Å²) in [6.45, 7) is 4.67. The van der Waals surface area contributed by atoms with Crippen molar-refractivity contribution in [3.8, 4) is 0 Å². The largest absolute Gasteiger partial charge is 0.463 e. The van der Waals surface area contributed by atoms with Crippen LogP contribution in [-0.4, -0.2) is 73.1 Å². The number of ether oxygens (including phenoxy) is 6. The van der Waals surface area contributed by atoms with Crippen molar-refractivity contribution in [1.82, 2.24) is 0 Å². The highest BCUT2D eigenvalue weighted by atomic mass is 79.9. The van der Waals surface area contributed by atoms with Gasteiger partial charge in [-0.2, -0.15) is 0 Å². The third-order valence-corrected chi connectivity index (χ3v) is 4.07. The van der Waals surface area contributed by atoms with Gasteiger partial charge in [-0.15, -0.1) is 0 Å². The molecule has 0 radical (unpaired) electrons. The van der Waals surface area contributed by atoms with E-state index in [4.69, 9.17) is 28.4 Å². The summed E-state index contributed by atoms with van der Waals surface area (Å²) < 4.78 is 32.2. The lowest BCUT2D eigenvalue weighted by atomic mass is 9.98. The van der Waals surface area contributed by atoms with Crippen LogP contribution in [0.1, 0.15) is 34.1 Å². The summed E-state index contributed by atoms with van der Waals surface area (Å²) in [5.41, 5.74) is 0. The van der Waals surface area contributed by atoms with Crippen LogP contribution in [0.3, 0.4) is 0 Å². The van der Waals surface area contributed by atoms with Crippen molar-refractivity contribution in [2.75, 3.05) is 18.5 Å². The monoisotopic (exact) mass is 468 g/mol. The van der Waals surface area contributed by atoms with E-state index >= 15 is 0 Å². The lowest BCUT2D eigenvalue weighted by Gasteiger charge is -2.44. The summed E-state index contributed by atoms with van der Waals surface area (Å²) in [4.78, 5) is 46.0. The van der Waals surface area contributed by atoms with Crippen molar-refractivity contribution >= 4 is 39.8 Å². The van der Waals surface area contributed by atoms with Crippen LogP contribution >= 0.6 is 15.9 Å². The molecule has 0 aromatic heterocycles. The quantitative estimate of drug-likeness (QED) is 0.208. The first-order valence-electron chi connectivity index (χ1n) is 8.63. The molecule has 0 aromatic carbocycles. The van der Waals surface area contributed by atoms with Crippen LogP contribution in [-0.2, 0) is 47.6 Å². The fraction of sp³-hybridized carbons (Fsp3) is 0.765. The Kier molecular flexibility index (Phi) is 10.4. The Bertz CT molecular complexity index is 566. The lowest BCUT2D eigenvalue weighted by molar-refractivity contribution is -0.308. The summed E-state index contributed by atoms with van der Waals surface area (Å²) >= 11 is 3.27. The number of esters is 4. The van der Waals surface area contributed by atoms with Crippen molar-refractivity contribution in [2.45, 2.75) is 64.8 Å². The Morgan fingerprint density at radius 3 is 1.86 bits per heavy atom. The summed E-state index contributed by atoms with van der Waals surface area (Å²) in [5, 5.41) is 0.665. The van der Waals surface area contributed by atoms with Crippen LogP contribution < -0.4 is 0 Å². The third-order valence-electron chi connectivity index (χ3n) is 3.51. The molecule has 0 N–H and O–H groups in total. The van der Waals surface area contributed by atoms with Gasteiger partial charge in [-0.25, -0.2) is 0 Å². The third kappa shape index (κ3) is 8.11. The van der Waals surface area contributed by atoms with Crippen molar-refractivity contribution in [3.05, 3.63) is 0 Å². The van der Waals surface area contributed by atoms with Crippen molar-refractivity contribution < 1.29 is 47.6 Å². The number of halogens is 1. The molecular formula is C17H25BrO10. The zero-order valence-corrected chi connectivity index (χ0v) is 17.8. The smallest absolute Gasteiger partial charge is 0.303 e. The van der Waals surface area contributed by atoms with E-state index in [1.807, 2.05) is 0 Å². The Labute approximate surface area is 171 Å². The van der Waals surface area contributed by atoms with Gasteiger partial charge in [0.2, 0.25) is 0 Å². The van der Waals surface area contributed by atoms with Gasteiger partial charge in [-0.05, 0) is 6.42 Å². The SMILES string of the molecule is CC(=O)OC[C@H]1O[C@@H](OCCCBr)[C@H](OC(C)=O)[C@@H](OC(C)=O)[C@H]1OC(C)=O. The van der Waals surface area contributed by atoms with Crippen LogP contribution in [0.4, 0.5) is 0 Å². The average molecular weight is 469 g/mol. The molecule has 0 unspecified atom stereocenters. The van der Waals surface area contributed by atoms with Gasteiger partial charge in [0.15, 0.2) is 24.6 Å². The van der Waals surface area contributed by atoms with Crippen LogP contribution in [0.5, 0.6) is 0 Å². The lowest BCUT2D eigenvalue weighted by Crippen LogP contribution is -2.63.